The van der Waals surface area contributed by atoms with Gasteiger partial charge in [0.25, 0.3) is 0 Å². The van der Waals surface area contributed by atoms with E-state index in [1.165, 1.54) is 6.07 Å². The number of nitrogens with two attached hydrogens (primary N) is 1. The van der Waals surface area contributed by atoms with Crippen molar-refractivity contribution in [3.8, 4) is 0 Å². The lowest BCUT2D eigenvalue weighted by Gasteiger charge is -2.38. The highest BCUT2D eigenvalue weighted by atomic mass is 19.1. The number of nitrogens with zero attached hydrogens (tertiary/aromatic N) is 4. The Kier molecular flexibility index (Phi) is 6.60. The normalized spacial score (nSPS) is 25.6. The fraction of sp³-hybridized carbons (Fsp3) is 0.467. The van der Waals surface area contributed by atoms with Crippen molar-refractivity contribution in [2.75, 3.05) is 24.5 Å². The molecule has 1 unspecified atom stereocenters. The standard InChI is InChI=1S/C30H34FN5O2/c1-18-10-19(12-21(32)11-18)24-6-7-33-15-20(24)13-28(37)25-3-4-27(31)26-14-23(16-34-30(25)26)35-8-9-36-22(17-35)2-5-29(36)38/h3-4,6-7,14-16,18-19,21-22H,2,5,8-13,17,32H2,1H3/t18-,19+,21-,22?/m0/s1. The fourth-order valence-electron chi connectivity index (χ4n) is 6.84. The summed E-state index contributed by atoms with van der Waals surface area (Å²) in [6.45, 7) is 4.30. The molecule has 2 saturated heterocycles. The van der Waals surface area contributed by atoms with Gasteiger partial charge >= 0.3 is 0 Å². The highest BCUT2D eigenvalue weighted by molar-refractivity contribution is 6.08. The molecule has 1 aliphatic carbocycles. The topological polar surface area (TPSA) is 92.4 Å². The highest BCUT2D eigenvalue weighted by Gasteiger charge is 2.35. The molecule has 3 aliphatic rings. The van der Waals surface area contributed by atoms with Gasteiger partial charge in [-0.2, -0.15) is 0 Å². The third kappa shape index (κ3) is 4.66. The number of carbonyl (C=O) groups is 2. The number of hydrogen-bond acceptors (Lipinski definition) is 6. The summed E-state index contributed by atoms with van der Waals surface area (Å²) in [4.78, 5) is 38.6. The van der Waals surface area contributed by atoms with Gasteiger partial charge < -0.3 is 15.5 Å². The van der Waals surface area contributed by atoms with Gasteiger partial charge in [0.1, 0.15) is 5.82 Å². The summed E-state index contributed by atoms with van der Waals surface area (Å²) in [6, 6.07) is 7.08. The summed E-state index contributed by atoms with van der Waals surface area (Å²) in [5, 5.41) is 0.344. The molecule has 8 heteroatoms. The number of benzene rings is 1. The molecule has 2 aliphatic heterocycles. The van der Waals surface area contributed by atoms with E-state index >= 15 is 4.39 Å². The monoisotopic (exact) mass is 515 g/mol. The second-order valence-corrected chi connectivity index (χ2v) is 11.4. The van der Waals surface area contributed by atoms with E-state index in [9.17, 15) is 9.59 Å². The van der Waals surface area contributed by atoms with Crippen LogP contribution in [0.3, 0.4) is 0 Å². The Hall–Kier alpha value is -3.39. The number of Topliss-reactive ketones (excluding diaryl/α,β-unsaturated/α-hetero) is 1. The van der Waals surface area contributed by atoms with Crippen molar-refractivity contribution in [1.82, 2.24) is 14.9 Å². The lowest BCUT2D eigenvalue weighted by atomic mass is 9.75. The molecule has 4 atom stereocenters. The zero-order valence-corrected chi connectivity index (χ0v) is 21.8. The van der Waals surface area contributed by atoms with Gasteiger partial charge in [0.15, 0.2) is 5.78 Å². The molecule has 38 heavy (non-hydrogen) atoms. The quantitative estimate of drug-likeness (QED) is 0.511. The Bertz CT molecular complexity index is 1380. The van der Waals surface area contributed by atoms with Crippen LogP contribution in [0.4, 0.5) is 10.1 Å². The molecule has 7 nitrogen and oxygen atoms in total. The van der Waals surface area contributed by atoms with Crippen molar-refractivity contribution in [2.45, 2.75) is 63.5 Å². The van der Waals surface area contributed by atoms with Crippen LogP contribution in [0.15, 0.2) is 42.9 Å². The van der Waals surface area contributed by atoms with Crippen molar-refractivity contribution in [1.29, 1.82) is 0 Å². The van der Waals surface area contributed by atoms with Crippen LogP contribution in [0.1, 0.15) is 66.4 Å². The third-order valence-corrected chi connectivity index (χ3v) is 8.65. The van der Waals surface area contributed by atoms with E-state index in [-0.39, 0.29) is 30.2 Å². The van der Waals surface area contributed by atoms with Crippen molar-refractivity contribution in [3.63, 3.8) is 0 Å². The number of halogens is 1. The third-order valence-electron chi connectivity index (χ3n) is 8.65. The molecule has 6 rings (SSSR count). The molecule has 3 fully saturated rings. The fourth-order valence-corrected chi connectivity index (χ4v) is 6.84. The zero-order chi connectivity index (χ0) is 26.4. The SMILES string of the molecule is C[C@@H]1C[C@H](N)C[C@H](c2ccncc2CC(=O)c2ccc(F)c3cc(N4CCN5C(=O)CCC5C4)cnc23)C1. The van der Waals surface area contributed by atoms with Gasteiger partial charge in [0, 0.05) is 67.9 Å². The second kappa shape index (κ2) is 10.1. The van der Waals surface area contributed by atoms with Crippen LogP contribution < -0.4 is 10.6 Å². The molecule has 4 heterocycles. The number of hydrogen-bond donors (Lipinski definition) is 1. The lowest BCUT2D eigenvalue weighted by Crippen LogP contribution is -2.51. The van der Waals surface area contributed by atoms with Crippen LogP contribution in [0.2, 0.25) is 0 Å². The average molecular weight is 516 g/mol. The minimum Gasteiger partial charge on any atom is -0.366 e. The molecule has 0 spiro atoms. The van der Waals surface area contributed by atoms with E-state index in [0.717, 1.165) is 42.5 Å². The van der Waals surface area contributed by atoms with Crippen molar-refractivity contribution < 1.29 is 14.0 Å². The van der Waals surface area contributed by atoms with Gasteiger partial charge in [0.05, 0.1) is 17.4 Å². The van der Waals surface area contributed by atoms with Crippen LogP contribution in [0, 0.1) is 11.7 Å². The second-order valence-electron chi connectivity index (χ2n) is 11.4. The van der Waals surface area contributed by atoms with E-state index in [1.54, 1.807) is 30.7 Å². The summed E-state index contributed by atoms with van der Waals surface area (Å²) < 4.78 is 15.0. The Labute approximate surface area is 222 Å². The maximum absolute atomic E-state index is 15.0. The molecule has 2 N–H and O–H groups in total. The maximum atomic E-state index is 15.0. The predicted octanol–water partition coefficient (Wildman–Crippen LogP) is 4.24. The van der Waals surface area contributed by atoms with Gasteiger partial charge in [-0.25, -0.2) is 4.39 Å². The van der Waals surface area contributed by atoms with Crippen molar-refractivity contribution in [2.24, 2.45) is 11.7 Å². The summed E-state index contributed by atoms with van der Waals surface area (Å²) in [6.07, 6.45) is 9.91. The molecule has 1 amide bonds. The molecule has 3 aromatic rings. The van der Waals surface area contributed by atoms with Gasteiger partial charge in [-0.1, -0.05) is 6.92 Å². The number of amides is 1. The van der Waals surface area contributed by atoms with Gasteiger partial charge in [-0.3, -0.25) is 19.6 Å². The van der Waals surface area contributed by atoms with Gasteiger partial charge in [-0.15, -0.1) is 0 Å². The molecule has 198 valence electrons. The molecule has 0 bridgehead atoms. The van der Waals surface area contributed by atoms with Crippen LogP contribution >= 0.6 is 0 Å². The largest absolute Gasteiger partial charge is 0.366 e. The first-order valence-corrected chi connectivity index (χ1v) is 13.7. The number of rotatable bonds is 5. The summed E-state index contributed by atoms with van der Waals surface area (Å²) >= 11 is 0. The number of fused-ring (bicyclic) bond motifs is 2. The van der Waals surface area contributed by atoms with Crippen LogP contribution in [-0.4, -0.2) is 58.3 Å². The smallest absolute Gasteiger partial charge is 0.223 e. The Morgan fingerprint density at radius 1 is 1.16 bits per heavy atom. The number of pyridine rings is 2. The number of aromatic nitrogens is 2. The minimum atomic E-state index is -0.396. The summed E-state index contributed by atoms with van der Waals surface area (Å²) in [5.41, 5.74) is 9.98. The van der Waals surface area contributed by atoms with E-state index in [1.807, 2.05) is 11.0 Å². The maximum Gasteiger partial charge on any atom is 0.223 e. The summed E-state index contributed by atoms with van der Waals surface area (Å²) in [5.74, 6) is 0.569. The zero-order valence-electron chi connectivity index (χ0n) is 21.8. The molecule has 1 aromatic carbocycles. The molecular weight excluding hydrogens is 481 g/mol. The van der Waals surface area contributed by atoms with Crippen LogP contribution in [0.25, 0.3) is 10.9 Å². The van der Waals surface area contributed by atoms with Gasteiger partial charge in [-0.05, 0) is 72.9 Å². The molecule has 0 radical (unpaired) electrons. The minimum absolute atomic E-state index is 0.101. The number of piperazine rings is 1. The highest BCUT2D eigenvalue weighted by Crippen LogP contribution is 2.37. The van der Waals surface area contributed by atoms with E-state index < -0.39 is 5.82 Å². The number of anilines is 1. The number of carbonyl (C=O) groups excluding carboxylic acids is 2. The first-order valence-electron chi connectivity index (χ1n) is 13.7. The van der Waals surface area contributed by atoms with Gasteiger partial charge in [0.2, 0.25) is 5.91 Å². The molecular formula is C30H34FN5O2. The van der Waals surface area contributed by atoms with Crippen LogP contribution in [-0.2, 0) is 11.2 Å². The first kappa shape index (κ1) is 24.9. The predicted molar refractivity (Wildman–Crippen MR) is 145 cm³/mol. The van der Waals surface area contributed by atoms with Crippen molar-refractivity contribution >= 4 is 28.3 Å². The number of ketones is 1. The molecule has 2 aromatic heterocycles. The van der Waals surface area contributed by atoms with Crippen molar-refractivity contribution in [3.05, 3.63) is 65.4 Å². The Morgan fingerprint density at radius 2 is 2.03 bits per heavy atom. The first-order chi connectivity index (χ1) is 18.4. The van der Waals surface area contributed by atoms with E-state index in [2.05, 4.69) is 21.8 Å². The van der Waals surface area contributed by atoms with E-state index in [0.29, 0.717) is 54.4 Å². The lowest BCUT2D eigenvalue weighted by molar-refractivity contribution is -0.129. The van der Waals surface area contributed by atoms with E-state index in [4.69, 9.17) is 5.73 Å². The molecule has 1 saturated carbocycles. The Balaban J connectivity index is 1.26. The average Bonchev–Trinajstić information content (AvgIpc) is 3.28. The van der Waals surface area contributed by atoms with Crippen LogP contribution in [0.5, 0.6) is 0 Å². The Morgan fingerprint density at radius 3 is 2.87 bits per heavy atom. The summed E-state index contributed by atoms with van der Waals surface area (Å²) in [7, 11) is 0.